The fourth-order valence-electron chi connectivity index (χ4n) is 3.13. The van der Waals surface area contributed by atoms with E-state index in [1.165, 1.54) is 6.20 Å². The highest BCUT2D eigenvalue weighted by molar-refractivity contribution is 6.07. The van der Waals surface area contributed by atoms with Crippen LogP contribution in [0, 0.1) is 0 Å². The molecule has 3 amide bonds. The Balaban J connectivity index is 1.87. The van der Waals surface area contributed by atoms with Gasteiger partial charge in [0.1, 0.15) is 11.4 Å². The highest BCUT2D eigenvalue weighted by atomic mass is 19.3. The second-order valence-electron chi connectivity index (χ2n) is 7.80. The number of amides is 3. The SMILES string of the molecule is CC(C)(C)c1ccc(C2(C)NC(=O)N(Cc3nccn3C(F)F)C2=O)cc1. The summed E-state index contributed by atoms with van der Waals surface area (Å²) in [7, 11) is 0. The zero-order valence-corrected chi connectivity index (χ0v) is 15.7. The summed E-state index contributed by atoms with van der Waals surface area (Å²) in [6, 6.07) is 6.83. The van der Waals surface area contributed by atoms with E-state index >= 15 is 0 Å². The molecule has 1 saturated heterocycles. The van der Waals surface area contributed by atoms with Gasteiger partial charge in [-0.2, -0.15) is 8.78 Å². The number of urea groups is 1. The zero-order valence-electron chi connectivity index (χ0n) is 15.7. The van der Waals surface area contributed by atoms with Gasteiger partial charge < -0.3 is 5.32 Å². The Kier molecular flexibility index (Phi) is 4.53. The van der Waals surface area contributed by atoms with Gasteiger partial charge in [0.05, 0.1) is 6.54 Å². The molecule has 0 aliphatic carbocycles. The molecule has 27 heavy (non-hydrogen) atoms. The Morgan fingerprint density at radius 1 is 1.19 bits per heavy atom. The Morgan fingerprint density at radius 3 is 2.37 bits per heavy atom. The Morgan fingerprint density at radius 2 is 1.81 bits per heavy atom. The highest BCUT2D eigenvalue weighted by Gasteiger charge is 2.49. The molecule has 6 nitrogen and oxygen atoms in total. The van der Waals surface area contributed by atoms with Gasteiger partial charge in [0.2, 0.25) is 0 Å². The standard InChI is InChI=1S/C19H22F2N4O2/c1-18(2,3)12-5-7-13(8-6-12)19(4)15(26)25(17(27)23-19)11-14-22-9-10-24(14)16(20)21/h5-10,16H,11H2,1-4H3,(H,23,27). The average Bonchev–Trinajstić information content (AvgIpc) is 3.14. The number of rotatable bonds is 4. The lowest BCUT2D eigenvalue weighted by atomic mass is 9.84. The third-order valence-corrected chi connectivity index (χ3v) is 4.86. The first kappa shape index (κ1) is 19.0. The summed E-state index contributed by atoms with van der Waals surface area (Å²) in [6.45, 7) is 4.74. The van der Waals surface area contributed by atoms with E-state index in [4.69, 9.17) is 0 Å². The third-order valence-electron chi connectivity index (χ3n) is 4.86. The number of alkyl halides is 2. The number of hydrogen-bond acceptors (Lipinski definition) is 3. The average molecular weight is 376 g/mol. The Bertz CT molecular complexity index is 871. The molecule has 1 N–H and O–H groups in total. The number of nitrogens with one attached hydrogen (secondary N) is 1. The molecule has 2 aromatic rings. The molecule has 144 valence electrons. The van der Waals surface area contributed by atoms with E-state index in [-0.39, 0.29) is 17.8 Å². The fraction of sp³-hybridized carbons (Fsp3) is 0.421. The smallest absolute Gasteiger partial charge is 0.319 e. The van der Waals surface area contributed by atoms with Crippen LogP contribution in [0.1, 0.15) is 51.2 Å². The van der Waals surface area contributed by atoms with E-state index in [1.807, 2.05) is 24.3 Å². The molecule has 1 aromatic heterocycles. The predicted molar refractivity (Wildman–Crippen MR) is 95.1 cm³/mol. The summed E-state index contributed by atoms with van der Waals surface area (Å²) in [6.07, 6.45) is 2.33. The van der Waals surface area contributed by atoms with Gasteiger partial charge in [-0.3, -0.25) is 14.3 Å². The first-order valence-electron chi connectivity index (χ1n) is 8.59. The molecule has 3 rings (SSSR count). The number of halogens is 2. The van der Waals surface area contributed by atoms with Crippen LogP contribution in [0.2, 0.25) is 0 Å². The molecule has 0 bridgehead atoms. The maximum absolute atomic E-state index is 13.0. The first-order chi connectivity index (χ1) is 12.5. The minimum absolute atomic E-state index is 0.0409. The van der Waals surface area contributed by atoms with E-state index < -0.39 is 24.0 Å². The van der Waals surface area contributed by atoms with Crippen molar-refractivity contribution in [2.24, 2.45) is 0 Å². The lowest BCUT2D eigenvalue weighted by Gasteiger charge is -2.24. The summed E-state index contributed by atoms with van der Waals surface area (Å²) in [5, 5.41) is 2.68. The van der Waals surface area contributed by atoms with Gasteiger partial charge >= 0.3 is 12.6 Å². The molecule has 1 fully saturated rings. The molecular weight excluding hydrogens is 354 g/mol. The lowest BCUT2D eigenvalue weighted by molar-refractivity contribution is -0.131. The van der Waals surface area contributed by atoms with E-state index in [0.29, 0.717) is 10.1 Å². The normalized spacial score (nSPS) is 20.5. The topological polar surface area (TPSA) is 67.2 Å². The molecule has 2 heterocycles. The summed E-state index contributed by atoms with van der Waals surface area (Å²) >= 11 is 0. The third kappa shape index (κ3) is 3.31. The Labute approximate surface area is 156 Å². The van der Waals surface area contributed by atoms with E-state index in [2.05, 4.69) is 31.1 Å². The highest BCUT2D eigenvalue weighted by Crippen LogP contribution is 2.32. The van der Waals surface area contributed by atoms with Crippen LogP contribution in [0.3, 0.4) is 0 Å². The van der Waals surface area contributed by atoms with Crippen molar-refractivity contribution in [1.29, 1.82) is 0 Å². The van der Waals surface area contributed by atoms with Gasteiger partial charge in [0.15, 0.2) is 0 Å². The van der Waals surface area contributed by atoms with Crippen LogP contribution in [0.5, 0.6) is 0 Å². The van der Waals surface area contributed by atoms with Crippen molar-refractivity contribution in [3.05, 3.63) is 53.6 Å². The fourth-order valence-corrected chi connectivity index (χ4v) is 3.13. The molecule has 0 spiro atoms. The molecule has 8 heteroatoms. The number of nitrogens with zero attached hydrogens (tertiary/aromatic N) is 3. The van der Waals surface area contributed by atoms with Crippen molar-refractivity contribution < 1.29 is 18.4 Å². The second-order valence-corrected chi connectivity index (χ2v) is 7.80. The van der Waals surface area contributed by atoms with E-state index in [9.17, 15) is 18.4 Å². The maximum Gasteiger partial charge on any atom is 0.325 e. The summed E-state index contributed by atoms with van der Waals surface area (Å²) in [5.74, 6) is -0.555. The van der Waals surface area contributed by atoms with Crippen molar-refractivity contribution in [3.63, 3.8) is 0 Å². The molecule has 1 aliphatic heterocycles. The van der Waals surface area contributed by atoms with Gasteiger partial charge in [-0.1, -0.05) is 45.0 Å². The first-order valence-corrected chi connectivity index (χ1v) is 8.59. The summed E-state index contributed by atoms with van der Waals surface area (Å²) in [5.41, 5.74) is 0.437. The van der Waals surface area contributed by atoms with Crippen LogP contribution in [0.25, 0.3) is 0 Å². The second kappa shape index (κ2) is 6.44. The van der Waals surface area contributed by atoms with Crippen molar-refractivity contribution in [2.75, 3.05) is 0 Å². The molecule has 1 aromatic carbocycles. The predicted octanol–water partition coefficient (Wildman–Crippen LogP) is 3.54. The number of carbonyl (C=O) groups excluding carboxylic acids is 2. The molecule has 1 atom stereocenters. The summed E-state index contributed by atoms with van der Waals surface area (Å²) < 4.78 is 26.6. The van der Waals surface area contributed by atoms with Crippen LogP contribution >= 0.6 is 0 Å². The zero-order chi connectivity index (χ0) is 20.0. The number of carbonyl (C=O) groups is 2. The maximum atomic E-state index is 13.0. The van der Waals surface area contributed by atoms with Crippen molar-refractivity contribution >= 4 is 11.9 Å². The van der Waals surface area contributed by atoms with Gasteiger partial charge in [-0.15, -0.1) is 0 Å². The summed E-state index contributed by atoms with van der Waals surface area (Å²) in [4.78, 5) is 30.1. The van der Waals surface area contributed by atoms with Crippen LogP contribution in [0.15, 0.2) is 36.7 Å². The molecule has 1 unspecified atom stereocenters. The molecule has 0 radical (unpaired) electrons. The monoisotopic (exact) mass is 376 g/mol. The van der Waals surface area contributed by atoms with Crippen molar-refractivity contribution in [3.8, 4) is 0 Å². The van der Waals surface area contributed by atoms with Crippen molar-refractivity contribution in [1.82, 2.24) is 19.8 Å². The molecular formula is C19H22F2N4O2. The lowest BCUT2D eigenvalue weighted by Crippen LogP contribution is -2.41. The number of imidazole rings is 1. The van der Waals surface area contributed by atoms with E-state index in [1.54, 1.807) is 6.92 Å². The van der Waals surface area contributed by atoms with Crippen LogP contribution in [-0.2, 0) is 22.3 Å². The van der Waals surface area contributed by atoms with Crippen LogP contribution < -0.4 is 5.32 Å². The van der Waals surface area contributed by atoms with Gasteiger partial charge in [0.25, 0.3) is 5.91 Å². The minimum atomic E-state index is -2.79. The quantitative estimate of drug-likeness (QED) is 0.830. The van der Waals surface area contributed by atoms with Crippen molar-refractivity contribution in [2.45, 2.75) is 51.7 Å². The largest absolute Gasteiger partial charge is 0.325 e. The number of benzene rings is 1. The number of aromatic nitrogens is 2. The minimum Gasteiger partial charge on any atom is -0.319 e. The molecule has 1 aliphatic rings. The van der Waals surface area contributed by atoms with Gasteiger partial charge in [0, 0.05) is 12.4 Å². The molecule has 0 saturated carbocycles. The number of hydrogen-bond donors (Lipinski definition) is 1. The van der Waals surface area contributed by atoms with Crippen LogP contribution in [0.4, 0.5) is 13.6 Å². The van der Waals surface area contributed by atoms with Gasteiger partial charge in [-0.05, 0) is 23.5 Å². The van der Waals surface area contributed by atoms with Crippen LogP contribution in [-0.4, -0.2) is 26.4 Å². The van der Waals surface area contributed by atoms with Gasteiger partial charge in [-0.25, -0.2) is 9.78 Å². The number of imide groups is 1. The van der Waals surface area contributed by atoms with E-state index in [0.717, 1.165) is 16.7 Å². The Hall–Kier alpha value is -2.77.